The van der Waals surface area contributed by atoms with Crippen molar-refractivity contribution in [2.75, 3.05) is 0 Å². The van der Waals surface area contributed by atoms with Gasteiger partial charge in [0.15, 0.2) is 5.78 Å². The van der Waals surface area contributed by atoms with Crippen molar-refractivity contribution in [3.05, 3.63) is 24.2 Å². The molecule has 0 N–H and O–H groups in total. The van der Waals surface area contributed by atoms with Crippen LogP contribution in [-0.4, -0.2) is 33.1 Å². The van der Waals surface area contributed by atoms with Gasteiger partial charge in [0.2, 0.25) is 0 Å². The van der Waals surface area contributed by atoms with Gasteiger partial charge in [0.05, 0.1) is 0 Å². The summed E-state index contributed by atoms with van der Waals surface area (Å²) in [5.41, 5.74) is -0.574. The van der Waals surface area contributed by atoms with Gasteiger partial charge >= 0.3 is 0 Å². The topological polar surface area (TPSA) is 40.6 Å². The Morgan fingerprint density at radius 2 is 2.00 bits per heavy atom. The van der Waals surface area contributed by atoms with E-state index in [1.54, 1.807) is 12.3 Å². The molecule has 1 amide bonds. The zero-order valence-corrected chi connectivity index (χ0v) is 10.1. The molecule has 0 spiro atoms. The molecule has 1 saturated carbocycles. The summed E-state index contributed by atoms with van der Waals surface area (Å²) in [5.74, 6) is 1.13. The van der Waals surface area contributed by atoms with E-state index in [-0.39, 0.29) is 11.7 Å². The molecule has 0 radical (unpaired) electrons. The lowest BCUT2D eigenvalue weighted by atomic mass is 10.0. The second-order valence-electron chi connectivity index (χ2n) is 5.38. The number of hydrogen-bond acceptors (Lipinski definition) is 3. The third kappa shape index (κ3) is 1.43. The van der Waals surface area contributed by atoms with E-state index >= 15 is 0 Å². The standard InChI is InChI=1S/C13H16N2O2/c1-13(2)12(17)15(9-3-4-9)11-6-5-10(16)7-8-14(11)13/h6-9H,3-5H2,1-2H3. The number of carbonyl (C=O) groups excluding carboxylic acids is 2. The van der Waals surface area contributed by atoms with Gasteiger partial charge in [-0.25, -0.2) is 0 Å². The highest BCUT2D eigenvalue weighted by Crippen LogP contribution is 2.42. The molecular weight excluding hydrogens is 216 g/mol. The molecule has 1 aliphatic carbocycles. The molecule has 3 aliphatic rings. The van der Waals surface area contributed by atoms with Crippen molar-refractivity contribution in [1.82, 2.24) is 9.80 Å². The first-order valence-electron chi connectivity index (χ1n) is 6.06. The first-order chi connectivity index (χ1) is 8.01. The first kappa shape index (κ1) is 10.6. The van der Waals surface area contributed by atoms with Crippen LogP contribution in [0.3, 0.4) is 0 Å². The summed E-state index contributed by atoms with van der Waals surface area (Å²) in [6, 6.07) is 0.347. The van der Waals surface area contributed by atoms with Gasteiger partial charge in [-0.05, 0) is 38.8 Å². The van der Waals surface area contributed by atoms with Gasteiger partial charge < -0.3 is 4.90 Å². The van der Waals surface area contributed by atoms with Crippen LogP contribution in [0.25, 0.3) is 0 Å². The Labute approximate surface area is 101 Å². The fraction of sp³-hybridized carbons (Fsp3) is 0.538. The molecule has 4 nitrogen and oxygen atoms in total. The van der Waals surface area contributed by atoms with E-state index in [1.807, 2.05) is 29.7 Å². The molecule has 0 aromatic rings. The molecule has 2 fully saturated rings. The largest absolute Gasteiger partial charge is 0.320 e. The summed E-state index contributed by atoms with van der Waals surface area (Å²) >= 11 is 0. The van der Waals surface area contributed by atoms with Crippen LogP contribution in [0.1, 0.15) is 33.1 Å². The second kappa shape index (κ2) is 3.22. The molecule has 0 bridgehead atoms. The van der Waals surface area contributed by atoms with Gasteiger partial charge in [-0.15, -0.1) is 0 Å². The molecule has 90 valence electrons. The molecule has 4 heteroatoms. The molecule has 0 aromatic heterocycles. The highest BCUT2D eigenvalue weighted by molar-refractivity contribution is 5.94. The van der Waals surface area contributed by atoms with Gasteiger partial charge in [0.1, 0.15) is 11.4 Å². The van der Waals surface area contributed by atoms with Crippen molar-refractivity contribution >= 4 is 11.7 Å². The maximum absolute atomic E-state index is 12.4. The Morgan fingerprint density at radius 3 is 2.65 bits per heavy atom. The van der Waals surface area contributed by atoms with E-state index < -0.39 is 5.54 Å². The van der Waals surface area contributed by atoms with Gasteiger partial charge in [-0.2, -0.15) is 0 Å². The van der Waals surface area contributed by atoms with Crippen LogP contribution in [0.2, 0.25) is 0 Å². The van der Waals surface area contributed by atoms with E-state index in [4.69, 9.17) is 0 Å². The molecular formula is C13H16N2O2. The minimum Gasteiger partial charge on any atom is -0.320 e. The summed E-state index contributed by atoms with van der Waals surface area (Å²) in [7, 11) is 0. The van der Waals surface area contributed by atoms with E-state index in [9.17, 15) is 9.59 Å². The number of ketones is 1. The fourth-order valence-electron chi connectivity index (χ4n) is 2.47. The lowest BCUT2D eigenvalue weighted by Gasteiger charge is -2.26. The van der Waals surface area contributed by atoms with Crippen LogP contribution in [0.5, 0.6) is 0 Å². The monoisotopic (exact) mass is 232 g/mol. The average molecular weight is 232 g/mol. The number of rotatable bonds is 1. The lowest BCUT2D eigenvalue weighted by Crippen LogP contribution is -2.41. The van der Waals surface area contributed by atoms with Crippen molar-refractivity contribution < 1.29 is 9.59 Å². The molecule has 2 aliphatic heterocycles. The maximum atomic E-state index is 12.4. The number of allylic oxidation sites excluding steroid dienone is 2. The quantitative estimate of drug-likeness (QED) is 0.686. The molecule has 17 heavy (non-hydrogen) atoms. The summed E-state index contributed by atoms with van der Waals surface area (Å²) in [5, 5.41) is 0. The van der Waals surface area contributed by atoms with Crippen LogP contribution in [-0.2, 0) is 9.59 Å². The van der Waals surface area contributed by atoms with Gasteiger partial charge in [0, 0.05) is 18.7 Å². The predicted molar refractivity (Wildman–Crippen MR) is 62.6 cm³/mol. The predicted octanol–water partition coefficient (Wildman–Crippen LogP) is 1.40. The normalized spacial score (nSPS) is 27.1. The van der Waals surface area contributed by atoms with Crippen molar-refractivity contribution in [3.8, 4) is 0 Å². The lowest BCUT2D eigenvalue weighted by molar-refractivity contribution is -0.132. The number of amides is 1. The van der Waals surface area contributed by atoms with Crippen molar-refractivity contribution in [2.45, 2.75) is 44.7 Å². The van der Waals surface area contributed by atoms with E-state index in [0.717, 1.165) is 18.7 Å². The number of nitrogens with zero attached hydrogens (tertiary/aromatic N) is 2. The SMILES string of the molecule is CC1(C)C(=O)N(C2CC2)C2=CCC(=O)C=CN21. The zero-order chi connectivity index (χ0) is 12.2. The zero-order valence-electron chi connectivity index (χ0n) is 10.1. The summed E-state index contributed by atoms with van der Waals surface area (Å²) in [6.07, 6.45) is 7.73. The molecule has 2 heterocycles. The Morgan fingerprint density at radius 1 is 1.29 bits per heavy atom. The summed E-state index contributed by atoms with van der Waals surface area (Å²) in [6.45, 7) is 3.82. The highest BCUT2D eigenvalue weighted by atomic mass is 16.2. The average Bonchev–Trinajstić information content (AvgIpc) is 3.05. The van der Waals surface area contributed by atoms with Gasteiger partial charge in [-0.1, -0.05) is 0 Å². The third-order valence-corrected chi connectivity index (χ3v) is 3.65. The summed E-state index contributed by atoms with van der Waals surface area (Å²) in [4.78, 5) is 27.6. The van der Waals surface area contributed by atoms with Crippen LogP contribution in [0, 0.1) is 0 Å². The second-order valence-corrected chi connectivity index (χ2v) is 5.38. The summed E-state index contributed by atoms with van der Waals surface area (Å²) < 4.78 is 0. The molecule has 3 rings (SSSR count). The Hall–Kier alpha value is -1.58. The van der Waals surface area contributed by atoms with E-state index in [2.05, 4.69) is 0 Å². The fourth-order valence-corrected chi connectivity index (χ4v) is 2.47. The van der Waals surface area contributed by atoms with Crippen molar-refractivity contribution in [3.63, 3.8) is 0 Å². The first-order valence-corrected chi connectivity index (χ1v) is 6.06. The maximum Gasteiger partial charge on any atom is 0.254 e. The Balaban J connectivity index is 2.07. The number of hydrogen-bond donors (Lipinski definition) is 0. The van der Waals surface area contributed by atoms with Gasteiger partial charge in [0.25, 0.3) is 5.91 Å². The van der Waals surface area contributed by atoms with Crippen LogP contribution >= 0.6 is 0 Å². The molecule has 0 aromatic carbocycles. The van der Waals surface area contributed by atoms with Crippen molar-refractivity contribution in [2.24, 2.45) is 0 Å². The van der Waals surface area contributed by atoms with E-state index in [0.29, 0.717) is 12.5 Å². The number of fused-ring (bicyclic) bond motifs is 1. The van der Waals surface area contributed by atoms with Crippen LogP contribution < -0.4 is 0 Å². The van der Waals surface area contributed by atoms with Gasteiger partial charge in [-0.3, -0.25) is 14.5 Å². The smallest absolute Gasteiger partial charge is 0.254 e. The van der Waals surface area contributed by atoms with Crippen LogP contribution in [0.4, 0.5) is 0 Å². The molecule has 0 unspecified atom stereocenters. The third-order valence-electron chi connectivity index (χ3n) is 3.65. The van der Waals surface area contributed by atoms with Crippen LogP contribution in [0.15, 0.2) is 24.2 Å². The minimum atomic E-state index is -0.574. The Kier molecular flexibility index (Phi) is 2.00. The van der Waals surface area contributed by atoms with Crippen molar-refractivity contribution in [1.29, 1.82) is 0 Å². The minimum absolute atomic E-state index is 0.0888. The highest BCUT2D eigenvalue weighted by Gasteiger charge is 2.52. The Bertz CT molecular complexity index is 458. The molecule has 0 atom stereocenters. The van der Waals surface area contributed by atoms with E-state index in [1.165, 1.54) is 0 Å². The number of carbonyl (C=O) groups is 2. The molecule has 1 saturated heterocycles.